The van der Waals surface area contributed by atoms with Crippen LogP contribution in [-0.4, -0.2) is 31.8 Å². The standard InChI is InChI=1S/C21H27NO4/c1-4-16(3)26-18-12-10-17(11-13-18)21(23)22-19-8-6-7-9-20(19)25-15-14-24-5-2/h6-13,16H,4-5,14-15H2,1-3H3,(H,22,23). The fourth-order valence-electron chi connectivity index (χ4n) is 2.25. The van der Waals surface area contributed by atoms with Crippen molar-refractivity contribution in [2.24, 2.45) is 0 Å². The Morgan fingerprint density at radius 2 is 1.77 bits per heavy atom. The first-order chi connectivity index (χ1) is 12.6. The molecule has 1 atom stereocenters. The van der Waals surface area contributed by atoms with Crippen LogP contribution in [0.5, 0.6) is 11.5 Å². The van der Waals surface area contributed by atoms with Gasteiger partial charge in [-0.25, -0.2) is 0 Å². The summed E-state index contributed by atoms with van der Waals surface area (Å²) in [7, 11) is 0. The molecule has 0 aliphatic carbocycles. The molecule has 0 saturated heterocycles. The van der Waals surface area contributed by atoms with E-state index in [0.29, 0.717) is 36.8 Å². The summed E-state index contributed by atoms with van der Waals surface area (Å²) in [6.07, 6.45) is 1.08. The molecule has 0 heterocycles. The molecule has 0 fully saturated rings. The SMILES string of the molecule is CCOCCOc1ccccc1NC(=O)c1ccc(OC(C)CC)cc1. The minimum Gasteiger partial charge on any atom is -0.491 e. The Morgan fingerprint density at radius 3 is 2.46 bits per heavy atom. The molecule has 0 spiro atoms. The molecule has 2 aromatic carbocycles. The normalized spacial score (nSPS) is 11.7. The minimum atomic E-state index is -0.194. The molecule has 0 bridgehead atoms. The van der Waals surface area contributed by atoms with Gasteiger partial charge in [-0.2, -0.15) is 0 Å². The van der Waals surface area contributed by atoms with Crippen LogP contribution in [-0.2, 0) is 4.74 Å². The molecule has 140 valence electrons. The summed E-state index contributed by atoms with van der Waals surface area (Å²) in [5, 5.41) is 2.89. The molecule has 0 aliphatic rings. The van der Waals surface area contributed by atoms with Gasteiger partial charge in [0.15, 0.2) is 0 Å². The van der Waals surface area contributed by atoms with Crippen molar-refractivity contribution in [2.75, 3.05) is 25.1 Å². The van der Waals surface area contributed by atoms with Gasteiger partial charge in [0.1, 0.15) is 18.1 Å². The molecule has 26 heavy (non-hydrogen) atoms. The van der Waals surface area contributed by atoms with Crippen LogP contribution >= 0.6 is 0 Å². The third kappa shape index (κ3) is 6.08. The minimum absolute atomic E-state index is 0.149. The highest BCUT2D eigenvalue weighted by Gasteiger charge is 2.10. The van der Waals surface area contributed by atoms with Crippen molar-refractivity contribution in [2.45, 2.75) is 33.3 Å². The zero-order valence-corrected chi connectivity index (χ0v) is 15.7. The Bertz CT molecular complexity index is 685. The van der Waals surface area contributed by atoms with E-state index in [0.717, 1.165) is 12.2 Å². The topological polar surface area (TPSA) is 56.8 Å². The van der Waals surface area contributed by atoms with Gasteiger partial charge < -0.3 is 19.5 Å². The van der Waals surface area contributed by atoms with Crippen molar-refractivity contribution in [1.29, 1.82) is 0 Å². The van der Waals surface area contributed by atoms with E-state index in [4.69, 9.17) is 14.2 Å². The number of hydrogen-bond acceptors (Lipinski definition) is 4. The van der Waals surface area contributed by atoms with Crippen LogP contribution in [0, 0.1) is 0 Å². The van der Waals surface area contributed by atoms with Crippen molar-refractivity contribution >= 4 is 11.6 Å². The molecule has 1 unspecified atom stereocenters. The second-order valence-corrected chi connectivity index (χ2v) is 5.86. The molecular weight excluding hydrogens is 330 g/mol. The largest absolute Gasteiger partial charge is 0.491 e. The van der Waals surface area contributed by atoms with Gasteiger partial charge in [-0.05, 0) is 56.7 Å². The average molecular weight is 357 g/mol. The summed E-state index contributed by atoms with van der Waals surface area (Å²) in [6, 6.07) is 14.5. The number of carbonyl (C=O) groups excluding carboxylic acids is 1. The molecule has 1 amide bonds. The van der Waals surface area contributed by atoms with Gasteiger partial charge in [0, 0.05) is 12.2 Å². The number of ether oxygens (including phenoxy) is 3. The average Bonchev–Trinajstić information content (AvgIpc) is 2.67. The molecule has 5 heteroatoms. The monoisotopic (exact) mass is 357 g/mol. The van der Waals surface area contributed by atoms with Crippen LogP contribution in [0.15, 0.2) is 48.5 Å². The van der Waals surface area contributed by atoms with Crippen LogP contribution in [0.2, 0.25) is 0 Å². The number of rotatable bonds is 10. The lowest BCUT2D eigenvalue weighted by molar-refractivity contribution is 0.102. The van der Waals surface area contributed by atoms with E-state index in [1.54, 1.807) is 12.1 Å². The van der Waals surface area contributed by atoms with Crippen LogP contribution < -0.4 is 14.8 Å². The highest BCUT2D eigenvalue weighted by Crippen LogP contribution is 2.24. The van der Waals surface area contributed by atoms with Crippen molar-refractivity contribution < 1.29 is 19.0 Å². The molecule has 1 N–H and O–H groups in total. The maximum Gasteiger partial charge on any atom is 0.255 e. The van der Waals surface area contributed by atoms with Crippen LogP contribution in [0.25, 0.3) is 0 Å². The van der Waals surface area contributed by atoms with E-state index in [2.05, 4.69) is 12.2 Å². The van der Waals surface area contributed by atoms with Crippen LogP contribution in [0.3, 0.4) is 0 Å². The Kier molecular flexibility index (Phi) is 7.96. The van der Waals surface area contributed by atoms with Gasteiger partial charge in [-0.15, -0.1) is 0 Å². The van der Waals surface area contributed by atoms with Gasteiger partial charge in [0.2, 0.25) is 0 Å². The van der Waals surface area contributed by atoms with Gasteiger partial charge in [-0.3, -0.25) is 4.79 Å². The van der Waals surface area contributed by atoms with E-state index >= 15 is 0 Å². The predicted octanol–water partition coefficient (Wildman–Crippen LogP) is 4.53. The third-order valence-corrected chi connectivity index (χ3v) is 3.85. The van der Waals surface area contributed by atoms with E-state index in [9.17, 15) is 4.79 Å². The summed E-state index contributed by atoms with van der Waals surface area (Å²) in [5.74, 6) is 1.19. The second kappa shape index (κ2) is 10.5. The van der Waals surface area contributed by atoms with Crippen molar-refractivity contribution in [1.82, 2.24) is 0 Å². The van der Waals surface area contributed by atoms with Gasteiger partial charge in [0.25, 0.3) is 5.91 Å². The van der Waals surface area contributed by atoms with Crippen molar-refractivity contribution in [3.63, 3.8) is 0 Å². The Balaban J connectivity index is 1.98. The summed E-state index contributed by atoms with van der Waals surface area (Å²) in [5.41, 5.74) is 1.19. The molecule has 0 aliphatic heterocycles. The lowest BCUT2D eigenvalue weighted by Crippen LogP contribution is -2.14. The first kappa shape index (κ1) is 19.8. The summed E-state index contributed by atoms with van der Waals surface area (Å²) >= 11 is 0. The van der Waals surface area contributed by atoms with Crippen LogP contribution in [0.1, 0.15) is 37.6 Å². The summed E-state index contributed by atoms with van der Waals surface area (Å²) in [6.45, 7) is 7.62. The molecule has 0 radical (unpaired) electrons. The summed E-state index contributed by atoms with van der Waals surface area (Å²) in [4.78, 5) is 12.5. The van der Waals surface area contributed by atoms with E-state index in [-0.39, 0.29) is 12.0 Å². The number of amides is 1. The maximum absolute atomic E-state index is 12.5. The molecule has 5 nitrogen and oxygen atoms in total. The van der Waals surface area contributed by atoms with Gasteiger partial charge in [-0.1, -0.05) is 19.1 Å². The van der Waals surface area contributed by atoms with Crippen LogP contribution in [0.4, 0.5) is 5.69 Å². The van der Waals surface area contributed by atoms with E-state index in [1.165, 1.54) is 0 Å². The highest BCUT2D eigenvalue weighted by atomic mass is 16.5. The quantitative estimate of drug-likeness (QED) is 0.635. The molecule has 2 aromatic rings. The van der Waals surface area contributed by atoms with E-state index in [1.807, 2.05) is 50.2 Å². The zero-order chi connectivity index (χ0) is 18.8. The van der Waals surface area contributed by atoms with E-state index < -0.39 is 0 Å². The Morgan fingerprint density at radius 1 is 1.04 bits per heavy atom. The fourth-order valence-corrected chi connectivity index (χ4v) is 2.25. The lowest BCUT2D eigenvalue weighted by Gasteiger charge is -2.14. The first-order valence-corrected chi connectivity index (χ1v) is 9.01. The highest BCUT2D eigenvalue weighted by molar-refractivity contribution is 6.05. The number of benzene rings is 2. The van der Waals surface area contributed by atoms with Crippen molar-refractivity contribution in [3.8, 4) is 11.5 Å². The van der Waals surface area contributed by atoms with Crippen molar-refractivity contribution in [3.05, 3.63) is 54.1 Å². The number of anilines is 1. The smallest absolute Gasteiger partial charge is 0.255 e. The van der Waals surface area contributed by atoms with Gasteiger partial charge >= 0.3 is 0 Å². The second-order valence-electron chi connectivity index (χ2n) is 5.86. The lowest BCUT2D eigenvalue weighted by atomic mass is 10.2. The number of para-hydroxylation sites is 2. The first-order valence-electron chi connectivity index (χ1n) is 9.01. The predicted molar refractivity (Wildman–Crippen MR) is 103 cm³/mol. The zero-order valence-electron chi connectivity index (χ0n) is 15.7. The number of carbonyl (C=O) groups is 1. The molecular formula is C21H27NO4. The Hall–Kier alpha value is -2.53. The third-order valence-electron chi connectivity index (χ3n) is 3.85. The summed E-state index contributed by atoms with van der Waals surface area (Å²) < 4.78 is 16.7. The molecule has 2 rings (SSSR count). The fraction of sp³-hybridized carbons (Fsp3) is 0.381. The Labute approximate surface area is 155 Å². The van der Waals surface area contributed by atoms with Gasteiger partial charge in [0.05, 0.1) is 18.4 Å². The molecule has 0 aromatic heterocycles. The number of nitrogens with one attached hydrogen (secondary N) is 1. The number of hydrogen-bond donors (Lipinski definition) is 1. The molecule has 0 saturated carbocycles. The maximum atomic E-state index is 12.5.